The summed E-state index contributed by atoms with van der Waals surface area (Å²) in [6, 6.07) is 0. The van der Waals surface area contributed by atoms with Gasteiger partial charge in [-0.15, -0.1) is 11.3 Å². The second kappa shape index (κ2) is 4.71. The molecule has 0 aliphatic carbocycles. The van der Waals surface area contributed by atoms with Crippen molar-refractivity contribution >= 4 is 32.2 Å². The van der Waals surface area contributed by atoms with Crippen LogP contribution in [0.4, 0.5) is 0 Å². The zero-order valence-electron chi connectivity index (χ0n) is 9.56. The summed E-state index contributed by atoms with van der Waals surface area (Å²) < 4.78 is 7.58. The van der Waals surface area contributed by atoms with E-state index in [9.17, 15) is 0 Å². The third-order valence-electron chi connectivity index (χ3n) is 3.54. The maximum Gasteiger partial charge on any atom is 0.193 e. The molecule has 0 unspecified atom stereocenters. The molecule has 1 aliphatic heterocycles. The largest absolute Gasteiger partial charge is 0.381 e. The Kier molecular flexibility index (Phi) is 3.23. The average Bonchev–Trinajstić information content (AvgIpc) is 2.91. The predicted octanol–water partition coefficient (Wildman–Crippen LogP) is 3.13. The first-order chi connectivity index (χ1) is 8.31. The Bertz CT molecular complexity index is 473. The lowest BCUT2D eigenvalue weighted by molar-refractivity contribution is 0.0266. The third kappa shape index (κ3) is 2.28. The molecule has 3 nitrogen and oxygen atoms in total. The van der Waals surface area contributed by atoms with E-state index in [2.05, 4.69) is 43.1 Å². The van der Waals surface area contributed by atoms with Crippen molar-refractivity contribution in [2.45, 2.75) is 19.3 Å². The van der Waals surface area contributed by atoms with Gasteiger partial charge in [-0.25, -0.2) is 4.98 Å². The number of aromatic nitrogens is 2. The molecule has 17 heavy (non-hydrogen) atoms. The van der Waals surface area contributed by atoms with Crippen LogP contribution in [0, 0.1) is 5.41 Å². The SMILES string of the molecule is BrCC1(Cc2cn3ccsc3n2)CCOCC1. The number of fused-ring (bicyclic) bond motifs is 1. The Labute approximate surface area is 113 Å². The normalized spacial score (nSPS) is 19.8. The van der Waals surface area contributed by atoms with Crippen LogP contribution in [0.2, 0.25) is 0 Å². The van der Waals surface area contributed by atoms with Crippen molar-refractivity contribution in [3.8, 4) is 0 Å². The highest BCUT2D eigenvalue weighted by atomic mass is 79.9. The highest BCUT2D eigenvalue weighted by Gasteiger charge is 2.32. The number of nitrogens with zero attached hydrogens (tertiary/aromatic N) is 2. The third-order valence-corrected chi connectivity index (χ3v) is 5.50. The average molecular weight is 315 g/mol. The zero-order chi connectivity index (χ0) is 11.7. The first-order valence-electron chi connectivity index (χ1n) is 5.86. The maximum atomic E-state index is 5.46. The van der Waals surface area contributed by atoms with E-state index in [1.165, 1.54) is 5.69 Å². The number of hydrogen-bond acceptors (Lipinski definition) is 3. The van der Waals surface area contributed by atoms with Crippen molar-refractivity contribution in [1.29, 1.82) is 0 Å². The summed E-state index contributed by atoms with van der Waals surface area (Å²) in [7, 11) is 0. The summed E-state index contributed by atoms with van der Waals surface area (Å²) in [4.78, 5) is 5.77. The van der Waals surface area contributed by atoms with Gasteiger partial charge in [-0.2, -0.15) is 0 Å². The minimum Gasteiger partial charge on any atom is -0.381 e. The fraction of sp³-hybridized carbons (Fsp3) is 0.583. The van der Waals surface area contributed by atoms with Gasteiger partial charge in [0.1, 0.15) is 0 Å². The van der Waals surface area contributed by atoms with Crippen LogP contribution in [0.25, 0.3) is 4.96 Å². The zero-order valence-corrected chi connectivity index (χ0v) is 12.0. The van der Waals surface area contributed by atoms with E-state index in [4.69, 9.17) is 4.74 Å². The van der Waals surface area contributed by atoms with Gasteiger partial charge in [-0.05, 0) is 24.7 Å². The van der Waals surface area contributed by atoms with Gasteiger partial charge < -0.3 is 4.74 Å². The minimum absolute atomic E-state index is 0.336. The monoisotopic (exact) mass is 314 g/mol. The molecule has 0 saturated carbocycles. The molecular weight excluding hydrogens is 300 g/mol. The van der Waals surface area contributed by atoms with Gasteiger partial charge in [0.15, 0.2) is 4.96 Å². The summed E-state index contributed by atoms with van der Waals surface area (Å²) in [5.41, 5.74) is 1.54. The molecule has 5 heteroatoms. The molecule has 1 aliphatic rings. The topological polar surface area (TPSA) is 26.5 Å². The van der Waals surface area contributed by atoms with E-state index in [1.807, 2.05) is 0 Å². The van der Waals surface area contributed by atoms with E-state index < -0.39 is 0 Å². The van der Waals surface area contributed by atoms with Crippen LogP contribution in [0.5, 0.6) is 0 Å². The fourth-order valence-electron chi connectivity index (χ4n) is 2.41. The van der Waals surface area contributed by atoms with E-state index in [-0.39, 0.29) is 0 Å². The van der Waals surface area contributed by atoms with Gasteiger partial charge in [0.25, 0.3) is 0 Å². The van der Waals surface area contributed by atoms with Gasteiger partial charge >= 0.3 is 0 Å². The van der Waals surface area contributed by atoms with Gasteiger partial charge in [0.05, 0.1) is 5.69 Å². The fourth-order valence-corrected chi connectivity index (χ4v) is 3.89. The van der Waals surface area contributed by atoms with Gasteiger partial charge in [-0.1, -0.05) is 15.9 Å². The summed E-state index contributed by atoms with van der Waals surface area (Å²) in [6.07, 6.45) is 7.54. The lowest BCUT2D eigenvalue weighted by Crippen LogP contribution is -2.33. The smallest absolute Gasteiger partial charge is 0.193 e. The van der Waals surface area contributed by atoms with E-state index >= 15 is 0 Å². The molecule has 0 amide bonds. The molecule has 1 saturated heterocycles. The molecule has 1 fully saturated rings. The molecule has 0 radical (unpaired) electrons. The second-order valence-corrected chi connectivity index (χ2v) is 6.18. The number of rotatable bonds is 3. The lowest BCUT2D eigenvalue weighted by Gasteiger charge is -2.35. The molecule has 0 atom stereocenters. The van der Waals surface area contributed by atoms with Crippen LogP contribution in [-0.4, -0.2) is 27.9 Å². The Morgan fingerprint density at radius 2 is 2.29 bits per heavy atom. The molecule has 0 aromatic carbocycles. The Balaban J connectivity index is 1.82. The van der Waals surface area contributed by atoms with Gasteiger partial charge in [-0.3, -0.25) is 4.40 Å². The van der Waals surface area contributed by atoms with Crippen LogP contribution >= 0.6 is 27.3 Å². The molecular formula is C12H15BrN2OS. The molecule has 0 N–H and O–H groups in total. The van der Waals surface area contributed by atoms with Crippen molar-refractivity contribution in [1.82, 2.24) is 9.38 Å². The molecule has 3 heterocycles. The lowest BCUT2D eigenvalue weighted by atomic mass is 9.78. The number of ether oxygens (including phenoxy) is 1. The number of thiazole rings is 1. The highest BCUT2D eigenvalue weighted by molar-refractivity contribution is 9.09. The molecule has 2 aromatic heterocycles. The maximum absolute atomic E-state index is 5.46. The molecule has 2 aromatic rings. The van der Waals surface area contributed by atoms with Crippen LogP contribution < -0.4 is 0 Å². The molecule has 3 rings (SSSR count). The second-order valence-electron chi connectivity index (χ2n) is 4.75. The number of hydrogen-bond donors (Lipinski definition) is 0. The molecule has 0 bridgehead atoms. The van der Waals surface area contributed by atoms with Crippen molar-refractivity contribution < 1.29 is 4.74 Å². The first-order valence-corrected chi connectivity index (χ1v) is 7.86. The van der Waals surface area contributed by atoms with Crippen molar-refractivity contribution in [2.24, 2.45) is 5.41 Å². The van der Waals surface area contributed by atoms with Gasteiger partial charge in [0, 0.05) is 36.3 Å². The Morgan fingerprint density at radius 1 is 1.47 bits per heavy atom. The number of alkyl halides is 1. The standard InChI is InChI=1S/C12H15BrN2OS/c13-9-12(1-4-16-5-2-12)7-10-8-15-3-6-17-11(15)14-10/h3,6,8H,1-2,4-5,7,9H2. The number of halogens is 1. The predicted molar refractivity (Wildman–Crippen MR) is 73.1 cm³/mol. The summed E-state index contributed by atoms with van der Waals surface area (Å²) in [5.74, 6) is 0. The van der Waals surface area contributed by atoms with E-state index in [0.717, 1.165) is 42.8 Å². The summed E-state index contributed by atoms with van der Waals surface area (Å²) in [5, 5.41) is 3.11. The van der Waals surface area contributed by atoms with Crippen LogP contribution in [0.3, 0.4) is 0 Å². The summed E-state index contributed by atoms with van der Waals surface area (Å²) in [6.45, 7) is 1.77. The number of imidazole rings is 1. The van der Waals surface area contributed by atoms with Crippen LogP contribution in [0.15, 0.2) is 17.8 Å². The van der Waals surface area contributed by atoms with Crippen LogP contribution in [0.1, 0.15) is 18.5 Å². The van der Waals surface area contributed by atoms with Crippen LogP contribution in [-0.2, 0) is 11.2 Å². The van der Waals surface area contributed by atoms with Crippen molar-refractivity contribution in [2.75, 3.05) is 18.5 Å². The summed E-state index contributed by atoms with van der Waals surface area (Å²) >= 11 is 5.36. The first kappa shape index (κ1) is 11.7. The molecule has 92 valence electrons. The van der Waals surface area contributed by atoms with Crippen molar-refractivity contribution in [3.63, 3.8) is 0 Å². The Morgan fingerprint density at radius 3 is 3.00 bits per heavy atom. The highest BCUT2D eigenvalue weighted by Crippen LogP contribution is 2.36. The van der Waals surface area contributed by atoms with E-state index in [1.54, 1.807) is 11.3 Å². The quantitative estimate of drug-likeness (QED) is 0.814. The van der Waals surface area contributed by atoms with Crippen molar-refractivity contribution in [3.05, 3.63) is 23.5 Å². The molecule has 0 spiro atoms. The van der Waals surface area contributed by atoms with E-state index in [0.29, 0.717) is 5.41 Å². The Hall–Kier alpha value is -0.390. The van der Waals surface area contributed by atoms with Gasteiger partial charge in [0.2, 0.25) is 0 Å². The minimum atomic E-state index is 0.336.